The Labute approximate surface area is 180 Å². The van der Waals surface area contributed by atoms with Crippen LogP contribution in [0.15, 0.2) is 41.7 Å². The molecule has 9 nitrogen and oxygen atoms in total. The number of nitrogens with two attached hydrogens (primary N) is 1. The molecular weight excluding hydrogens is 456 g/mol. The zero-order valence-electron chi connectivity index (χ0n) is 16.7. The first-order valence-corrected chi connectivity index (χ1v) is 10.5. The summed E-state index contributed by atoms with van der Waals surface area (Å²) in [5.41, 5.74) is -2.82. The second-order valence-electron chi connectivity index (χ2n) is 7.41. The van der Waals surface area contributed by atoms with Gasteiger partial charge in [0.15, 0.2) is 0 Å². The predicted molar refractivity (Wildman–Crippen MR) is 106 cm³/mol. The van der Waals surface area contributed by atoms with Gasteiger partial charge in [-0.25, -0.2) is 27.9 Å². The number of halogens is 4. The summed E-state index contributed by atoms with van der Waals surface area (Å²) < 4.78 is 78.8. The van der Waals surface area contributed by atoms with Crippen molar-refractivity contribution in [2.75, 3.05) is 11.9 Å². The number of aromatic nitrogens is 4. The van der Waals surface area contributed by atoms with Crippen LogP contribution in [0.1, 0.15) is 19.4 Å². The monoisotopic (exact) mass is 474 g/mol. The van der Waals surface area contributed by atoms with E-state index in [-0.39, 0.29) is 23.8 Å². The summed E-state index contributed by atoms with van der Waals surface area (Å²) in [5.74, 6) is -1.40. The zero-order chi connectivity index (χ0) is 23.9. The normalized spacial score (nSPS) is 12.8. The van der Waals surface area contributed by atoms with E-state index < -0.39 is 43.7 Å². The Morgan fingerprint density at radius 2 is 1.91 bits per heavy atom. The smallest absolute Gasteiger partial charge is 0.394 e. The van der Waals surface area contributed by atoms with Crippen LogP contribution in [0.3, 0.4) is 0 Å². The number of nitrogens with zero attached hydrogens (tertiary/aromatic N) is 4. The van der Waals surface area contributed by atoms with Gasteiger partial charge in [-0.2, -0.15) is 18.3 Å². The van der Waals surface area contributed by atoms with Gasteiger partial charge in [-0.3, -0.25) is 4.68 Å². The summed E-state index contributed by atoms with van der Waals surface area (Å²) in [6.45, 7) is 2.95. The average Bonchev–Trinajstić information content (AvgIpc) is 3.19. The molecule has 2 aromatic heterocycles. The van der Waals surface area contributed by atoms with E-state index in [0.29, 0.717) is 12.3 Å². The maximum atomic E-state index is 14.3. The lowest BCUT2D eigenvalue weighted by Gasteiger charge is -2.22. The number of primary sulfonamides is 1. The van der Waals surface area contributed by atoms with Crippen LogP contribution in [0, 0.1) is 5.82 Å². The van der Waals surface area contributed by atoms with E-state index in [0.717, 1.165) is 18.3 Å². The molecule has 32 heavy (non-hydrogen) atoms. The number of aliphatic hydroxyl groups excluding tert-OH is 1. The summed E-state index contributed by atoms with van der Waals surface area (Å²) in [5, 5.41) is 20.8. The number of anilines is 2. The number of hydrogen-bond donors (Lipinski definition) is 3. The standard InChI is InChI=1S/C18H18F4N6O3S/c1-17(2,9-29)28-8-10(6-25-28)15-12(18(20,21)22)7-24-16(27-15)26-14-4-3-11(5-13(14)19)32(23,30)31/h3-8,29H,9H2,1-2H3,(H2,23,30,31)(H,24,26,27). The summed E-state index contributed by atoms with van der Waals surface area (Å²) in [4.78, 5) is 6.98. The Hall–Kier alpha value is -3.10. The number of rotatable bonds is 6. The number of alkyl halides is 3. The molecule has 0 aliphatic rings. The van der Waals surface area contributed by atoms with E-state index in [1.54, 1.807) is 13.8 Å². The van der Waals surface area contributed by atoms with Crippen molar-refractivity contribution in [3.63, 3.8) is 0 Å². The molecule has 0 unspecified atom stereocenters. The van der Waals surface area contributed by atoms with Crippen LogP contribution in [-0.2, 0) is 21.7 Å². The molecule has 0 aliphatic heterocycles. The van der Waals surface area contributed by atoms with Gasteiger partial charge < -0.3 is 10.4 Å². The minimum atomic E-state index is -4.79. The molecular formula is C18H18F4N6O3S. The van der Waals surface area contributed by atoms with Crippen LogP contribution in [0.4, 0.5) is 29.2 Å². The lowest BCUT2D eigenvalue weighted by Crippen LogP contribution is -2.30. The third-order valence-electron chi connectivity index (χ3n) is 4.47. The molecule has 0 fully saturated rings. The average molecular weight is 474 g/mol. The molecule has 0 saturated heterocycles. The molecule has 4 N–H and O–H groups in total. The second-order valence-corrected chi connectivity index (χ2v) is 8.97. The maximum absolute atomic E-state index is 14.3. The first-order valence-electron chi connectivity index (χ1n) is 8.92. The van der Waals surface area contributed by atoms with Crippen molar-refractivity contribution < 1.29 is 31.1 Å². The van der Waals surface area contributed by atoms with Crippen molar-refractivity contribution in [3.8, 4) is 11.3 Å². The van der Waals surface area contributed by atoms with Crippen LogP contribution in [0.5, 0.6) is 0 Å². The van der Waals surface area contributed by atoms with Gasteiger partial charge in [0, 0.05) is 18.0 Å². The highest BCUT2D eigenvalue weighted by Gasteiger charge is 2.36. The van der Waals surface area contributed by atoms with Crippen LogP contribution in [0.25, 0.3) is 11.3 Å². The van der Waals surface area contributed by atoms with Crippen LogP contribution < -0.4 is 10.5 Å². The Morgan fingerprint density at radius 3 is 2.47 bits per heavy atom. The molecule has 14 heteroatoms. The van der Waals surface area contributed by atoms with Crippen LogP contribution in [0.2, 0.25) is 0 Å². The Kier molecular flexibility index (Phi) is 5.97. The molecule has 2 heterocycles. The minimum absolute atomic E-state index is 0.00524. The number of hydrogen-bond acceptors (Lipinski definition) is 7. The van der Waals surface area contributed by atoms with Crippen molar-refractivity contribution >= 4 is 21.7 Å². The Bertz CT molecular complexity index is 1260. The highest BCUT2D eigenvalue weighted by atomic mass is 32.2. The zero-order valence-corrected chi connectivity index (χ0v) is 17.5. The lowest BCUT2D eigenvalue weighted by molar-refractivity contribution is -0.137. The van der Waals surface area contributed by atoms with Crippen molar-refractivity contribution in [3.05, 3.63) is 48.2 Å². The predicted octanol–water partition coefficient (Wildman–Crippen LogP) is 2.62. The molecule has 3 aromatic rings. The summed E-state index contributed by atoms with van der Waals surface area (Å²) in [6.07, 6.45) is -1.81. The van der Waals surface area contributed by atoms with Crippen molar-refractivity contribution in [2.24, 2.45) is 5.14 Å². The number of aliphatic hydroxyl groups is 1. The van der Waals surface area contributed by atoms with Gasteiger partial charge in [0.2, 0.25) is 16.0 Å². The van der Waals surface area contributed by atoms with E-state index in [2.05, 4.69) is 20.4 Å². The van der Waals surface area contributed by atoms with Gasteiger partial charge in [-0.05, 0) is 32.0 Å². The van der Waals surface area contributed by atoms with Crippen molar-refractivity contribution in [2.45, 2.75) is 30.5 Å². The topological polar surface area (TPSA) is 136 Å². The molecule has 172 valence electrons. The number of benzene rings is 1. The largest absolute Gasteiger partial charge is 0.419 e. The van der Waals surface area contributed by atoms with E-state index in [9.17, 15) is 31.1 Å². The van der Waals surface area contributed by atoms with E-state index in [1.165, 1.54) is 10.9 Å². The van der Waals surface area contributed by atoms with E-state index in [4.69, 9.17) is 5.14 Å². The van der Waals surface area contributed by atoms with Gasteiger partial charge >= 0.3 is 6.18 Å². The summed E-state index contributed by atoms with van der Waals surface area (Å²) in [7, 11) is -4.14. The molecule has 0 radical (unpaired) electrons. The first-order chi connectivity index (χ1) is 14.7. The van der Waals surface area contributed by atoms with Crippen LogP contribution >= 0.6 is 0 Å². The van der Waals surface area contributed by atoms with Crippen molar-refractivity contribution in [1.82, 2.24) is 19.7 Å². The Balaban J connectivity index is 2.04. The van der Waals surface area contributed by atoms with Gasteiger partial charge in [0.25, 0.3) is 0 Å². The van der Waals surface area contributed by atoms with Gasteiger partial charge in [-0.1, -0.05) is 0 Å². The molecule has 0 aliphatic carbocycles. The van der Waals surface area contributed by atoms with E-state index in [1.807, 2.05) is 0 Å². The Morgan fingerprint density at radius 1 is 1.22 bits per heavy atom. The first kappa shape index (κ1) is 23.6. The van der Waals surface area contributed by atoms with Crippen LogP contribution in [-0.4, -0.2) is 39.9 Å². The lowest BCUT2D eigenvalue weighted by atomic mass is 10.1. The summed E-state index contributed by atoms with van der Waals surface area (Å²) in [6, 6.07) is 2.72. The number of nitrogens with one attached hydrogen (secondary N) is 1. The molecule has 0 spiro atoms. The molecule has 0 bridgehead atoms. The molecule has 3 rings (SSSR count). The third kappa shape index (κ3) is 4.87. The molecule has 1 aromatic carbocycles. The third-order valence-corrected chi connectivity index (χ3v) is 5.38. The summed E-state index contributed by atoms with van der Waals surface area (Å²) >= 11 is 0. The maximum Gasteiger partial charge on any atom is 0.419 e. The molecule has 0 amide bonds. The highest BCUT2D eigenvalue weighted by Crippen LogP contribution is 2.36. The van der Waals surface area contributed by atoms with Crippen molar-refractivity contribution in [1.29, 1.82) is 0 Å². The minimum Gasteiger partial charge on any atom is -0.394 e. The highest BCUT2D eigenvalue weighted by molar-refractivity contribution is 7.89. The van der Waals surface area contributed by atoms with Gasteiger partial charge in [-0.15, -0.1) is 0 Å². The fourth-order valence-corrected chi connectivity index (χ4v) is 3.14. The second kappa shape index (κ2) is 8.11. The quantitative estimate of drug-likeness (QED) is 0.467. The van der Waals surface area contributed by atoms with Gasteiger partial charge in [0.1, 0.15) is 11.4 Å². The fourth-order valence-electron chi connectivity index (χ4n) is 2.61. The number of sulfonamides is 1. The molecule has 0 saturated carbocycles. The fraction of sp³-hybridized carbons (Fsp3) is 0.278. The van der Waals surface area contributed by atoms with Gasteiger partial charge in [0.05, 0.1) is 34.6 Å². The molecule has 0 atom stereocenters. The SMILES string of the molecule is CC(C)(CO)n1cc(-c2nc(Nc3ccc(S(N)(=O)=O)cc3F)ncc2C(F)(F)F)cn1. The van der Waals surface area contributed by atoms with E-state index >= 15 is 0 Å².